The molecule has 58 heavy (non-hydrogen) atoms. The minimum atomic E-state index is -1.38. The summed E-state index contributed by atoms with van der Waals surface area (Å²) < 4.78 is 31.3. The van der Waals surface area contributed by atoms with Gasteiger partial charge in [-0.3, -0.25) is 14.9 Å². The van der Waals surface area contributed by atoms with Crippen LogP contribution in [0.15, 0.2) is 82.2 Å². The number of hydrogen-bond acceptors (Lipinski definition) is 13. The Kier molecular flexibility index (Phi) is 12.9. The fourth-order valence-corrected chi connectivity index (χ4v) is 8.07. The van der Waals surface area contributed by atoms with Crippen LogP contribution >= 0.6 is 22.9 Å². The van der Waals surface area contributed by atoms with Crippen molar-refractivity contribution in [3.8, 4) is 45.5 Å². The van der Waals surface area contributed by atoms with E-state index in [-0.39, 0.29) is 25.5 Å². The van der Waals surface area contributed by atoms with Crippen LogP contribution in [0.25, 0.3) is 22.5 Å². The van der Waals surface area contributed by atoms with Gasteiger partial charge in [0.25, 0.3) is 0 Å². The molecule has 0 saturated carbocycles. The number of aliphatic carboxylic acids is 1. The summed E-state index contributed by atoms with van der Waals surface area (Å²) in [4.78, 5) is 35.6. The Bertz CT molecular complexity index is 2310. The lowest BCUT2D eigenvalue weighted by Gasteiger charge is -2.34. The maximum Gasteiger partial charge on any atom is 0.345 e. The number of ether oxygens (including phenoxy) is 5. The van der Waals surface area contributed by atoms with Gasteiger partial charge in [-0.15, -0.1) is 11.3 Å². The number of carboxylic acids is 1. The first kappa shape index (κ1) is 40.6. The van der Waals surface area contributed by atoms with E-state index in [0.717, 1.165) is 48.4 Å². The van der Waals surface area contributed by atoms with E-state index in [1.807, 2.05) is 48.7 Å². The molecular weight excluding hydrogens is 780 g/mol. The van der Waals surface area contributed by atoms with E-state index >= 15 is 0 Å². The lowest BCUT2D eigenvalue weighted by Crippen LogP contribution is -2.49. The van der Waals surface area contributed by atoms with E-state index in [9.17, 15) is 9.90 Å². The van der Waals surface area contributed by atoms with Crippen LogP contribution in [0, 0.1) is 6.92 Å². The number of methoxy groups -OCH3 is 1. The second-order valence-corrected chi connectivity index (χ2v) is 15.2. The molecule has 1 fully saturated rings. The molecule has 5 heterocycles. The molecule has 3 aromatic carbocycles. The van der Waals surface area contributed by atoms with Crippen molar-refractivity contribution in [1.82, 2.24) is 19.8 Å². The van der Waals surface area contributed by atoms with Crippen LogP contribution in [0.2, 0.25) is 5.02 Å². The van der Waals surface area contributed by atoms with Crippen molar-refractivity contribution in [2.45, 2.75) is 32.2 Å². The number of fused-ring (bicyclic) bond motifs is 8. The molecule has 1 N–H and O–H groups in total. The van der Waals surface area contributed by atoms with Gasteiger partial charge in [-0.25, -0.2) is 14.8 Å². The largest absolute Gasteiger partial charge is 0.496 e. The molecule has 2 atom stereocenters. The second-order valence-electron chi connectivity index (χ2n) is 14.0. The Balaban J connectivity index is 1.26. The van der Waals surface area contributed by atoms with Gasteiger partial charge in [-0.05, 0) is 74.3 Å². The number of carboxylic acid groups (broad SMARTS) is 1. The van der Waals surface area contributed by atoms with Crippen LogP contribution in [0.3, 0.4) is 0 Å². The van der Waals surface area contributed by atoms with E-state index in [2.05, 4.69) is 38.5 Å². The normalized spacial score (nSPS) is 18.3. The fourth-order valence-electron chi connectivity index (χ4n) is 6.99. The van der Waals surface area contributed by atoms with E-state index in [1.165, 1.54) is 11.3 Å². The van der Waals surface area contributed by atoms with Crippen molar-refractivity contribution < 1.29 is 33.6 Å². The molecule has 3 aliphatic heterocycles. The highest BCUT2D eigenvalue weighted by Crippen LogP contribution is 2.43. The molecule has 0 unspecified atom stereocenters. The van der Waals surface area contributed by atoms with Crippen molar-refractivity contribution >= 4 is 46.5 Å². The summed E-state index contributed by atoms with van der Waals surface area (Å²) in [5.74, 6) is 1.50. The number of nitrogens with zero attached hydrogens (tertiary/aromatic N) is 6. The third-order valence-electron chi connectivity index (χ3n) is 10.2. The topological polar surface area (TPSA) is 140 Å². The number of likely N-dealkylation sites (N-methyl/N-ethyl adjacent to an activating group) is 1. The first-order chi connectivity index (χ1) is 28.1. The first-order valence-electron chi connectivity index (χ1n) is 18.8. The van der Waals surface area contributed by atoms with E-state index in [0.29, 0.717) is 62.2 Å². The van der Waals surface area contributed by atoms with Gasteiger partial charge >= 0.3 is 5.97 Å². The number of carbonyl (C=O) groups is 1. The highest BCUT2D eigenvalue weighted by Gasteiger charge is 2.30. The lowest BCUT2D eigenvalue weighted by atomic mass is 9.98. The molecule has 302 valence electrons. The van der Waals surface area contributed by atoms with Gasteiger partial charge in [-0.1, -0.05) is 29.8 Å². The van der Waals surface area contributed by atoms with Gasteiger partial charge < -0.3 is 33.7 Å². The third-order valence-corrected chi connectivity index (χ3v) is 11.5. The van der Waals surface area contributed by atoms with Gasteiger partial charge in [-0.2, -0.15) is 0 Å². The summed E-state index contributed by atoms with van der Waals surface area (Å²) in [5.41, 5.74) is 4.71. The zero-order valence-corrected chi connectivity index (χ0v) is 34.4. The quantitative estimate of drug-likeness (QED) is 0.151. The third kappa shape index (κ3) is 9.10. The van der Waals surface area contributed by atoms with Crippen LogP contribution in [0.4, 0.5) is 5.00 Å². The molecule has 0 amide bonds. The van der Waals surface area contributed by atoms with Gasteiger partial charge in [0.2, 0.25) is 12.0 Å². The number of thiophene rings is 1. The summed E-state index contributed by atoms with van der Waals surface area (Å²) in [6, 6.07) is 18.4. The van der Waals surface area contributed by atoms with Crippen molar-refractivity contribution in [2.24, 2.45) is 9.98 Å². The smallest absolute Gasteiger partial charge is 0.345 e. The van der Waals surface area contributed by atoms with E-state index < -0.39 is 18.2 Å². The van der Waals surface area contributed by atoms with Crippen molar-refractivity contribution in [2.75, 3.05) is 60.5 Å². The lowest BCUT2D eigenvalue weighted by molar-refractivity contribution is -0.145. The number of aromatic nitrogens is 2. The number of aliphatic imine (C=N–C) groups is 2. The van der Waals surface area contributed by atoms with Crippen molar-refractivity contribution in [1.29, 1.82) is 0 Å². The molecular formula is C43H45ClN6O7S. The highest BCUT2D eigenvalue weighted by atomic mass is 35.5. The maximum atomic E-state index is 13.0. The van der Waals surface area contributed by atoms with Crippen LogP contribution in [-0.4, -0.2) is 116 Å². The molecule has 8 rings (SSSR count). The number of piperazine rings is 1. The Morgan fingerprint density at radius 1 is 1.05 bits per heavy atom. The fraction of sp³-hybridized carbons (Fsp3) is 0.326. The number of rotatable bonds is 9. The van der Waals surface area contributed by atoms with Crippen molar-refractivity contribution in [3.05, 3.63) is 99.6 Å². The SMILES string of the molecule is C=Nc1scc2c1/C(=N\C)O[C@@H](C(=O)O)Cc1cc(ccc1OCc1ccnc(-c3ccccc3OC)n1)OC[C@@H](CN1CCN(C)CC1)Oc1ccc-2c(C)c1Cl. The molecule has 4 bridgehead atoms. The number of halogens is 1. The average Bonchev–Trinajstić information content (AvgIpc) is 3.66. The summed E-state index contributed by atoms with van der Waals surface area (Å²) in [6.45, 7) is 10.3. The number of hydrogen-bond donors (Lipinski definition) is 1. The summed E-state index contributed by atoms with van der Waals surface area (Å²) in [6.07, 6.45) is -0.197. The van der Waals surface area contributed by atoms with Gasteiger partial charge in [0.1, 0.15) is 47.3 Å². The van der Waals surface area contributed by atoms with Gasteiger partial charge in [0, 0.05) is 68.9 Å². The molecule has 0 aliphatic carbocycles. The minimum Gasteiger partial charge on any atom is -0.496 e. The predicted molar refractivity (Wildman–Crippen MR) is 226 cm³/mol. The molecule has 2 aromatic heterocycles. The predicted octanol–water partition coefficient (Wildman–Crippen LogP) is 7.23. The molecule has 0 radical (unpaired) electrons. The highest BCUT2D eigenvalue weighted by molar-refractivity contribution is 7.14. The summed E-state index contributed by atoms with van der Waals surface area (Å²) in [5, 5.41) is 13.5. The van der Waals surface area contributed by atoms with Crippen LogP contribution in [0.1, 0.15) is 22.4 Å². The number of benzene rings is 3. The summed E-state index contributed by atoms with van der Waals surface area (Å²) >= 11 is 8.42. The van der Waals surface area contributed by atoms with Gasteiger partial charge in [0.05, 0.1) is 29.0 Å². The second kappa shape index (κ2) is 18.4. The Morgan fingerprint density at radius 3 is 2.62 bits per heavy atom. The molecule has 3 aliphatic rings. The maximum absolute atomic E-state index is 13.0. The Labute approximate surface area is 346 Å². The minimum absolute atomic E-state index is 0.0725. The molecule has 13 nitrogen and oxygen atoms in total. The van der Waals surface area contributed by atoms with Crippen LogP contribution < -0.4 is 18.9 Å². The van der Waals surface area contributed by atoms with Crippen LogP contribution in [-0.2, 0) is 22.6 Å². The monoisotopic (exact) mass is 824 g/mol. The standard InChI is InChI=1S/C43H45ClN6O7S/c1-26-31-11-13-36(39(26)44)56-30(22-50-18-16-49(4)17-19-50)24-54-29-10-12-34(55-23-28-14-15-47-40(48-28)32-8-6-7-9-35(32)53-5)27(20-29)21-37(43(51)52)57-41(45-2)38-33(31)25-58-42(38)46-3/h6-15,20,25,30,37H,3,16-19,21-24H2,1-2,4-5H3,(H,51,52)/b45-41+/t30-,37-/m1/s1. The zero-order valence-electron chi connectivity index (χ0n) is 32.8. The van der Waals surface area contributed by atoms with Crippen LogP contribution in [0.5, 0.6) is 23.0 Å². The first-order valence-corrected chi connectivity index (χ1v) is 20.1. The molecule has 15 heteroatoms. The van der Waals surface area contributed by atoms with Gasteiger partial charge in [0.15, 0.2) is 5.82 Å². The molecule has 5 aromatic rings. The molecule has 1 saturated heterocycles. The average molecular weight is 825 g/mol. The molecule has 0 spiro atoms. The Hall–Kier alpha value is -5.54. The zero-order chi connectivity index (χ0) is 40.8. The summed E-state index contributed by atoms with van der Waals surface area (Å²) in [7, 11) is 5.27. The Morgan fingerprint density at radius 2 is 1.86 bits per heavy atom. The van der Waals surface area contributed by atoms with E-state index in [1.54, 1.807) is 44.6 Å². The van der Waals surface area contributed by atoms with Crippen molar-refractivity contribution in [3.63, 3.8) is 0 Å². The van der Waals surface area contributed by atoms with E-state index in [4.69, 9.17) is 40.3 Å². The number of para-hydroxylation sites is 1.